The number of carbonyl (C=O) groups is 1. The summed E-state index contributed by atoms with van der Waals surface area (Å²) in [6.07, 6.45) is 14.6. The Morgan fingerprint density at radius 1 is 0.547 bits per heavy atom. The highest BCUT2D eigenvalue weighted by Gasteiger charge is 2.38. The van der Waals surface area contributed by atoms with Crippen LogP contribution in [0.15, 0.2) is 61.2 Å². The fourth-order valence-corrected chi connectivity index (χ4v) is 5.06. The first-order valence-electron chi connectivity index (χ1n) is 15.7. The number of aryl methyl sites for hydroxylation is 1. The van der Waals surface area contributed by atoms with E-state index in [1.165, 1.54) is 16.7 Å². The van der Waals surface area contributed by atoms with Crippen LogP contribution in [-0.2, 0) is 6.42 Å². The smallest absolute Gasteiger partial charge is 0.165 e. The molecular formula is C51H23NO. The average molecular weight is 666 g/mol. The highest BCUT2D eigenvalue weighted by molar-refractivity contribution is 6.01. The SMILES string of the molecule is C#CC#CC#CC#CC#CC#CC#CC#CC#CC#CC#CC#CC#CC#CC#C.C=CCN(C1CC(=O)c2ccccc21)[C@H]1CCc2ccccc21. The Labute approximate surface area is 314 Å². The van der Waals surface area contributed by atoms with E-state index in [9.17, 15) is 4.79 Å². The van der Waals surface area contributed by atoms with Crippen molar-refractivity contribution in [3.05, 3.63) is 83.4 Å². The van der Waals surface area contributed by atoms with Gasteiger partial charge in [-0.15, -0.1) is 19.4 Å². The molecule has 2 aliphatic rings. The van der Waals surface area contributed by atoms with Gasteiger partial charge < -0.3 is 0 Å². The Hall–Kier alpha value is -8.79. The van der Waals surface area contributed by atoms with Gasteiger partial charge in [-0.2, -0.15) is 0 Å². The molecule has 0 bridgehead atoms. The van der Waals surface area contributed by atoms with Crippen molar-refractivity contribution in [1.82, 2.24) is 4.90 Å². The predicted molar refractivity (Wildman–Crippen MR) is 211 cm³/mol. The average Bonchev–Trinajstić information content (AvgIpc) is 3.76. The molecule has 2 nitrogen and oxygen atoms in total. The predicted octanol–water partition coefficient (Wildman–Crippen LogP) is 4.79. The van der Waals surface area contributed by atoms with Crippen LogP contribution >= 0.6 is 0 Å². The molecule has 0 aromatic heterocycles. The van der Waals surface area contributed by atoms with Crippen molar-refractivity contribution in [2.45, 2.75) is 31.3 Å². The summed E-state index contributed by atoms with van der Waals surface area (Å²) in [6.45, 7) is 4.76. The quantitative estimate of drug-likeness (QED) is 0.346. The first-order chi connectivity index (χ1) is 26.2. The molecule has 2 heteroatoms. The zero-order valence-electron chi connectivity index (χ0n) is 28.4. The lowest BCUT2D eigenvalue weighted by Crippen LogP contribution is -2.31. The second kappa shape index (κ2) is 24.4. The van der Waals surface area contributed by atoms with E-state index in [-0.39, 0.29) is 11.8 Å². The number of rotatable bonds is 4. The number of fused-ring (bicyclic) bond motifs is 2. The number of hydrogen-bond acceptors (Lipinski definition) is 2. The van der Waals surface area contributed by atoms with E-state index >= 15 is 0 Å². The second-order valence-corrected chi connectivity index (χ2v) is 10.0. The summed E-state index contributed by atoms with van der Waals surface area (Å²) in [5.41, 5.74) is 4.96. The number of terminal acetylenes is 2. The van der Waals surface area contributed by atoms with Gasteiger partial charge in [0.25, 0.3) is 0 Å². The van der Waals surface area contributed by atoms with Crippen molar-refractivity contribution < 1.29 is 4.79 Å². The molecule has 2 aliphatic carbocycles. The minimum Gasteiger partial charge on any atom is -0.294 e. The number of hydrogen-bond donors (Lipinski definition) is 0. The van der Waals surface area contributed by atoms with Crippen LogP contribution in [0.3, 0.4) is 0 Å². The van der Waals surface area contributed by atoms with Crippen molar-refractivity contribution in [1.29, 1.82) is 0 Å². The minimum atomic E-state index is 0.174. The summed E-state index contributed by atoms with van der Waals surface area (Å²) >= 11 is 0. The molecule has 1 unspecified atom stereocenters. The first-order valence-corrected chi connectivity index (χ1v) is 15.7. The molecule has 0 radical (unpaired) electrons. The van der Waals surface area contributed by atoms with Gasteiger partial charge in [-0.3, -0.25) is 9.69 Å². The van der Waals surface area contributed by atoms with Crippen molar-refractivity contribution >= 4 is 5.78 Å². The Morgan fingerprint density at radius 2 is 0.925 bits per heavy atom. The molecule has 2 aromatic carbocycles. The maximum atomic E-state index is 12.4. The molecule has 0 N–H and O–H groups in total. The molecular weight excluding hydrogens is 643 g/mol. The molecule has 0 fully saturated rings. The Kier molecular flexibility index (Phi) is 17.8. The van der Waals surface area contributed by atoms with Gasteiger partial charge in [0.05, 0.1) is 0 Å². The lowest BCUT2D eigenvalue weighted by molar-refractivity contribution is 0.0925. The van der Waals surface area contributed by atoms with Crippen molar-refractivity contribution in [3.8, 4) is 179 Å². The maximum Gasteiger partial charge on any atom is 0.165 e. The third-order valence-electron chi connectivity index (χ3n) is 6.95. The molecule has 0 heterocycles. The van der Waals surface area contributed by atoms with E-state index in [0.717, 1.165) is 24.9 Å². The molecule has 2 atom stereocenters. The van der Waals surface area contributed by atoms with Crippen LogP contribution in [0.1, 0.15) is 52.0 Å². The third-order valence-corrected chi connectivity index (χ3v) is 6.95. The Morgan fingerprint density at radius 3 is 1.34 bits per heavy atom. The molecule has 0 saturated heterocycles. The van der Waals surface area contributed by atoms with Gasteiger partial charge in [-0.1, -0.05) is 54.6 Å². The lowest BCUT2D eigenvalue weighted by atomic mass is 10.0. The Balaban J connectivity index is 0.000000293. The molecule has 238 valence electrons. The molecule has 4 rings (SSSR count). The highest BCUT2D eigenvalue weighted by atomic mass is 16.1. The van der Waals surface area contributed by atoms with Crippen molar-refractivity contribution in [2.24, 2.45) is 0 Å². The van der Waals surface area contributed by atoms with Gasteiger partial charge in [-0.25, -0.2) is 0 Å². The molecule has 0 spiro atoms. The molecule has 2 aromatic rings. The van der Waals surface area contributed by atoms with Gasteiger partial charge in [0.2, 0.25) is 0 Å². The van der Waals surface area contributed by atoms with E-state index in [1.54, 1.807) is 0 Å². The summed E-state index contributed by atoms with van der Waals surface area (Å²) in [4.78, 5) is 14.9. The Bertz CT molecular complexity index is 2600. The van der Waals surface area contributed by atoms with Crippen LogP contribution in [0.4, 0.5) is 0 Å². The molecule has 0 aliphatic heterocycles. The number of benzene rings is 2. The summed E-state index contributed by atoms with van der Waals surface area (Å²) in [5, 5.41) is 0. The number of carbonyl (C=O) groups excluding carboxylic acids is 1. The van der Waals surface area contributed by atoms with Crippen LogP contribution in [0.5, 0.6) is 0 Å². The van der Waals surface area contributed by atoms with E-state index in [2.05, 4.69) is 208 Å². The minimum absolute atomic E-state index is 0.174. The standard InChI is InChI=1S/C30H2.C21H21NO/c1-3-5-7-9-11-13-15-17-19-21-23-25-27-29-30-28-26-24-22-20-18-16-14-12-10-8-6-4-2;1-2-13-22(19-12-11-15-7-3-4-8-16(15)19)20-14-21(23)18-10-6-5-9-17(18)20/h1-2H;2-10,19-20H,1,11-14H2/t;19-,20?/m.0/s1. The zero-order chi connectivity index (χ0) is 37.6. The topological polar surface area (TPSA) is 20.3 Å². The third kappa shape index (κ3) is 14.1. The summed E-state index contributed by atoms with van der Waals surface area (Å²) in [6, 6.07) is 17.3. The lowest BCUT2D eigenvalue weighted by Gasteiger charge is -2.34. The normalized spacial score (nSPS) is 11.8. The number of ketones is 1. The van der Waals surface area contributed by atoms with E-state index in [4.69, 9.17) is 12.8 Å². The molecule has 53 heavy (non-hydrogen) atoms. The van der Waals surface area contributed by atoms with E-state index in [0.29, 0.717) is 12.5 Å². The highest BCUT2D eigenvalue weighted by Crippen LogP contribution is 2.44. The van der Waals surface area contributed by atoms with E-state index in [1.807, 2.05) is 24.3 Å². The van der Waals surface area contributed by atoms with Crippen LogP contribution in [0.2, 0.25) is 0 Å². The van der Waals surface area contributed by atoms with Gasteiger partial charge in [-0.05, 0) is 124 Å². The monoisotopic (exact) mass is 665 g/mol. The van der Waals surface area contributed by atoms with Gasteiger partial charge in [0.15, 0.2) is 5.78 Å². The summed E-state index contributed by atoms with van der Waals surface area (Å²) in [7, 11) is 0. The van der Waals surface area contributed by atoms with Gasteiger partial charge in [0.1, 0.15) is 0 Å². The largest absolute Gasteiger partial charge is 0.294 e. The van der Waals surface area contributed by atoms with Crippen molar-refractivity contribution in [2.75, 3.05) is 6.54 Å². The maximum absolute atomic E-state index is 12.4. The summed E-state index contributed by atoms with van der Waals surface area (Å²) in [5.74, 6) is 68.4. The second-order valence-electron chi connectivity index (χ2n) is 10.0. The summed E-state index contributed by atoms with van der Waals surface area (Å²) < 4.78 is 0. The van der Waals surface area contributed by atoms with Crippen LogP contribution in [-0.4, -0.2) is 17.2 Å². The van der Waals surface area contributed by atoms with Gasteiger partial charge >= 0.3 is 0 Å². The van der Waals surface area contributed by atoms with E-state index < -0.39 is 0 Å². The van der Waals surface area contributed by atoms with Gasteiger partial charge in [0, 0.05) is 102 Å². The van der Waals surface area contributed by atoms with Crippen LogP contribution in [0.25, 0.3) is 0 Å². The molecule has 0 saturated carbocycles. The number of Topliss-reactive ketones (excluding diaryl/α,β-unsaturated/α-hetero) is 1. The van der Waals surface area contributed by atoms with Crippen LogP contribution in [0, 0.1) is 179 Å². The number of nitrogens with zero attached hydrogens (tertiary/aromatic N) is 1. The molecule has 0 amide bonds. The first kappa shape index (κ1) is 38.7. The van der Waals surface area contributed by atoms with Crippen molar-refractivity contribution in [3.63, 3.8) is 0 Å². The fraction of sp³-hybridized carbons (Fsp3) is 0.118. The zero-order valence-corrected chi connectivity index (χ0v) is 28.4. The fourth-order valence-electron chi connectivity index (χ4n) is 5.06. The van der Waals surface area contributed by atoms with Crippen LogP contribution < -0.4 is 0 Å².